The molecule has 0 spiro atoms. The third kappa shape index (κ3) is 5.48. The van der Waals surface area contributed by atoms with Gasteiger partial charge in [-0.05, 0) is 12.3 Å². The average Bonchev–Trinajstić information content (AvgIpc) is 2.08. The largest absolute Gasteiger partial charge is 0.481 e. The number of amides is 1. The van der Waals surface area contributed by atoms with Crippen LogP contribution in [0.25, 0.3) is 0 Å². The first-order valence-electron chi connectivity index (χ1n) is 5.16. The molecule has 0 aromatic carbocycles. The van der Waals surface area contributed by atoms with Gasteiger partial charge in [0.2, 0.25) is 5.91 Å². The van der Waals surface area contributed by atoms with Crippen LogP contribution < -0.4 is 5.32 Å². The number of carbonyl (C=O) groups is 3. The fourth-order valence-corrected chi connectivity index (χ4v) is 1.38. The molecule has 0 rings (SSSR count). The first kappa shape index (κ1) is 14.6. The first-order chi connectivity index (χ1) is 7.14. The zero-order valence-corrected chi connectivity index (χ0v) is 10.2. The Hall–Kier alpha value is -1.39. The minimum atomic E-state index is -1.02. The molecule has 0 aliphatic carbocycles. The Bertz CT molecular complexity index is 291. The molecule has 5 heteroatoms. The molecular weight excluding hydrogens is 210 g/mol. The monoisotopic (exact) mass is 229 g/mol. The van der Waals surface area contributed by atoms with Crippen LogP contribution in [0.3, 0.4) is 0 Å². The van der Waals surface area contributed by atoms with Crippen molar-refractivity contribution in [1.29, 1.82) is 0 Å². The van der Waals surface area contributed by atoms with Crippen molar-refractivity contribution in [3.8, 4) is 0 Å². The Morgan fingerprint density at radius 1 is 1.19 bits per heavy atom. The molecule has 1 atom stereocenters. The van der Waals surface area contributed by atoms with Crippen molar-refractivity contribution < 1.29 is 19.5 Å². The van der Waals surface area contributed by atoms with Gasteiger partial charge in [0.15, 0.2) is 5.78 Å². The summed E-state index contributed by atoms with van der Waals surface area (Å²) in [6.07, 6.45) is -0.324. The van der Waals surface area contributed by atoms with Gasteiger partial charge in [-0.2, -0.15) is 0 Å². The molecule has 0 aliphatic rings. The van der Waals surface area contributed by atoms with Crippen molar-refractivity contribution in [3.63, 3.8) is 0 Å². The normalized spacial score (nSPS) is 13.0. The van der Waals surface area contributed by atoms with Gasteiger partial charge < -0.3 is 10.4 Å². The predicted molar refractivity (Wildman–Crippen MR) is 58.9 cm³/mol. The van der Waals surface area contributed by atoms with Gasteiger partial charge in [0.05, 0.1) is 12.5 Å². The number of carboxylic acid groups (broad SMARTS) is 1. The fourth-order valence-electron chi connectivity index (χ4n) is 1.38. The number of aliphatic carboxylic acids is 1. The lowest BCUT2D eigenvalue weighted by Gasteiger charge is -2.29. The lowest BCUT2D eigenvalue weighted by molar-refractivity contribution is -0.139. The van der Waals surface area contributed by atoms with Gasteiger partial charge in [-0.1, -0.05) is 20.8 Å². The predicted octanol–water partition coefficient (Wildman–Crippen LogP) is 0.971. The van der Waals surface area contributed by atoms with E-state index in [1.165, 1.54) is 6.92 Å². The summed E-state index contributed by atoms with van der Waals surface area (Å²) in [6.45, 7) is 6.94. The van der Waals surface area contributed by atoms with Crippen molar-refractivity contribution in [2.45, 2.75) is 46.6 Å². The first-order valence-corrected chi connectivity index (χ1v) is 5.16. The van der Waals surface area contributed by atoms with E-state index >= 15 is 0 Å². The molecule has 2 N–H and O–H groups in total. The second-order valence-electron chi connectivity index (χ2n) is 4.87. The van der Waals surface area contributed by atoms with Crippen LogP contribution in [0.5, 0.6) is 0 Å². The van der Waals surface area contributed by atoms with Crippen LogP contribution in [0.4, 0.5) is 0 Å². The maximum Gasteiger partial charge on any atom is 0.303 e. The van der Waals surface area contributed by atoms with Gasteiger partial charge in [-0.25, -0.2) is 0 Å². The van der Waals surface area contributed by atoms with Crippen molar-refractivity contribution in [1.82, 2.24) is 5.32 Å². The molecule has 5 nitrogen and oxygen atoms in total. The summed E-state index contributed by atoms with van der Waals surface area (Å²) in [6, 6.07) is -0.575. The van der Waals surface area contributed by atoms with Crippen molar-refractivity contribution in [2.24, 2.45) is 5.41 Å². The summed E-state index contributed by atoms with van der Waals surface area (Å²) in [5, 5.41) is 11.0. The Morgan fingerprint density at radius 3 is 2.00 bits per heavy atom. The summed E-state index contributed by atoms with van der Waals surface area (Å²) in [7, 11) is 0. The summed E-state index contributed by atoms with van der Waals surface area (Å²) < 4.78 is 0. The minimum Gasteiger partial charge on any atom is -0.481 e. The lowest BCUT2D eigenvalue weighted by atomic mass is 9.84. The van der Waals surface area contributed by atoms with Gasteiger partial charge in [-0.15, -0.1) is 0 Å². The molecule has 0 aromatic rings. The van der Waals surface area contributed by atoms with Crippen LogP contribution in [0.15, 0.2) is 0 Å². The standard InChI is InChI=1S/C11H19NO4/c1-7(13)10(11(2,3)4)12-8(14)5-6-9(15)16/h10H,5-6H2,1-4H3,(H,12,14)(H,15,16). The van der Waals surface area contributed by atoms with Crippen LogP contribution in [0, 0.1) is 5.41 Å². The SMILES string of the molecule is CC(=O)C(NC(=O)CCC(=O)O)C(C)(C)C. The van der Waals surface area contributed by atoms with E-state index in [9.17, 15) is 14.4 Å². The average molecular weight is 229 g/mol. The maximum atomic E-state index is 11.4. The summed E-state index contributed by atoms with van der Waals surface area (Å²) in [5.74, 6) is -1.56. The number of nitrogens with one attached hydrogen (secondary N) is 1. The van der Waals surface area contributed by atoms with Crippen LogP contribution in [0.1, 0.15) is 40.5 Å². The molecule has 0 radical (unpaired) electrons. The van der Waals surface area contributed by atoms with E-state index in [2.05, 4.69) is 5.32 Å². The third-order valence-corrected chi connectivity index (χ3v) is 2.14. The number of Topliss-reactive ketones (excluding diaryl/α,β-unsaturated/α-hetero) is 1. The van der Waals surface area contributed by atoms with E-state index in [4.69, 9.17) is 5.11 Å². The van der Waals surface area contributed by atoms with E-state index in [0.29, 0.717) is 0 Å². The smallest absolute Gasteiger partial charge is 0.303 e. The molecule has 0 fully saturated rings. The number of carboxylic acids is 1. The molecule has 0 saturated heterocycles. The van der Waals surface area contributed by atoms with Crippen LogP contribution in [-0.2, 0) is 14.4 Å². The van der Waals surface area contributed by atoms with E-state index in [-0.39, 0.29) is 24.0 Å². The zero-order chi connectivity index (χ0) is 12.9. The van der Waals surface area contributed by atoms with Crippen molar-refractivity contribution >= 4 is 17.7 Å². The summed E-state index contributed by atoms with van der Waals surface area (Å²) in [4.78, 5) is 33.0. The van der Waals surface area contributed by atoms with Gasteiger partial charge in [-0.3, -0.25) is 14.4 Å². The van der Waals surface area contributed by atoms with E-state index < -0.39 is 17.9 Å². The number of ketones is 1. The second kappa shape index (κ2) is 5.63. The number of hydrogen-bond acceptors (Lipinski definition) is 3. The maximum absolute atomic E-state index is 11.4. The highest BCUT2D eigenvalue weighted by Gasteiger charge is 2.29. The van der Waals surface area contributed by atoms with Gasteiger partial charge in [0, 0.05) is 6.42 Å². The molecule has 92 valence electrons. The van der Waals surface area contributed by atoms with Crippen LogP contribution in [0.2, 0.25) is 0 Å². The Balaban J connectivity index is 4.37. The molecule has 0 saturated carbocycles. The molecule has 0 bridgehead atoms. The Kier molecular flexibility index (Phi) is 5.14. The lowest BCUT2D eigenvalue weighted by Crippen LogP contribution is -2.48. The third-order valence-electron chi connectivity index (χ3n) is 2.14. The molecule has 16 heavy (non-hydrogen) atoms. The van der Waals surface area contributed by atoms with E-state index in [0.717, 1.165) is 0 Å². The van der Waals surface area contributed by atoms with Crippen molar-refractivity contribution in [2.75, 3.05) is 0 Å². The highest BCUT2D eigenvalue weighted by molar-refractivity contribution is 5.89. The number of rotatable bonds is 5. The van der Waals surface area contributed by atoms with Gasteiger partial charge >= 0.3 is 5.97 Å². The quantitative estimate of drug-likeness (QED) is 0.735. The Labute approximate surface area is 95.2 Å². The highest BCUT2D eigenvalue weighted by Crippen LogP contribution is 2.20. The fraction of sp³-hybridized carbons (Fsp3) is 0.727. The Morgan fingerprint density at radius 2 is 1.69 bits per heavy atom. The highest BCUT2D eigenvalue weighted by atomic mass is 16.4. The second-order valence-corrected chi connectivity index (χ2v) is 4.87. The topological polar surface area (TPSA) is 83.5 Å². The molecule has 0 heterocycles. The minimum absolute atomic E-state index is 0.102. The zero-order valence-electron chi connectivity index (χ0n) is 10.2. The molecule has 1 amide bonds. The molecule has 0 aromatic heterocycles. The molecule has 1 unspecified atom stereocenters. The number of hydrogen-bond donors (Lipinski definition) is 2. The van der Waals surface area contributed by atoms with Gasteiger partial charge in [0.1, 0.15) is 0 Å². The van der Waals surface area contributed by atoms with Gasteiger partial charge in [0.25, 0.3) is 0 Å². The van der Waals surface area contributed by atoms with Crippen LogP contribution >= 0.6 is 0 Å². The molecular formula is C11H19NO4. The molecule has 0 aliphatic heterocycles. The van der Waals surface area contributed by atoms with E-state index in [1.54, 1.807) is 0 Å². The number of carbonyl (C=O) groups excluding carboxylic acids is 2. The van der Waals surface area contributed by atoms with Crippen molar-refractivity contribution in [3.05, 3.63) is 0 Å². The summed E-state index contributed by atoms with van der Waals surface area (Å²) >= 11 is 0. The van der Waals surface area contributed by atoms with E-state index in [1.807, 2.05) is 20.8 Å². The summed E-state index contributed by atoms with van der Waals surface area (Å²) in [5.41, 5.74) is -0.370. The van der Waals surface area contributed by atoms with Crippen LogP contribution in [-0.4, -0.2) is 28.8 Å².